The molecule has 1 saturated heterocycles. The summed E-state index contributed by atoms with van der Waals surface area (Å²) in [6.45, 7) is 4.13. The molecule has 2 aliphatic heterocycles. The summed E-state index contributed by atoms with van der Waals surface area (Å²) in [7, 11) is 0. The van der Waals surface area contributed by atoms with Crippen LogP contribution in [0, 0.1) is 33.5 Å². The van der Waals surface area contributed by atoms with Crippen molar-refractivity contribution in [1.82, 2.24) is 0 Å². The van der Waals surface area contributed by atoms with Gasteiger partial charge in [0.25, 0.3) is 5.91 Å². The second-order valence-corrected chi connectivity index (χ2v) is 6.67. The van der Waals surface area contributed by atoms with E-state index in [-0.39, 0.29) is 11.9 Å². The first-order valence-electron chi connectivity index (χ1n) is 8.07. The molecule has 2 heterocycles. The van der Waals surface area contributed by atoms with Gasteiger partial charge < -0.3 is 15.2 Å². The molecule has 3 aliphatic rings. The molecule has 2 N–H and O–H groups in total. The minimum atomic E-state index is -1.51. The van der Waals surface area contributed by atoms with Gasteiger partial charge in [-0.05, 0) is 18.9 Å². The molecule has 1 aromatic carbocycles. The normalized spacial score (nSPS) is 45.3. The summed E-state index contributed by atoms with van der Waals surface area (Å²) in [5, 5.41) is 20.3. The smallest absolute Gasteiger partial charge is 0.294 e. The van der Waals surface area contributed by atoms with Crippen LogP contribution >= 0.6 is 0 Å². The Balaban J connectivity index is 2.04. The first-order valence-corrected chi connectivity index (χ1v) is 8.07. The highest BCUT2D eigenvalue weighted by atomic mass is 16.8. The summed E-state index contributed by atoms with van der Waals surface area (Å²) in [5.74, 6) is -1.38. The third kappa shape index (κ3) is 1.15. The van der Waals surface area contributed by atoms with Crippen LogP contribution < -0.4 is 5.73 Å². The summed E-state index contributed by atoms with van der Waals surface area (Å²) < 4.78 is 11.8. The zero-order valence-corrected chi connectivity index (χ0v) is 13.6. The summed E-state index contributed by atoms with van der Waals surface area (Å²) in [4.78, 5) is 4.36. The van der Waals surface area contributed by atoms with Crippen LogP contribution in [0.2, 0.25) is 0 Å². The number of nitriles is 2. The van der Waals surface area contributed by atoms with Gasteiger partial charge in [0.15, 0.2) is 10.8 Å². The van der Waals surface area contributed by atoms with E-state index in [0.717, 1.165) is 5.56 Å². The monoisotopic (exact) mass is 322 g/mol. The second-order valence-electron chi connectivity index (χ2n) is 6.67. The summed E-state index contributed by atoms with van der Waals surface area (Å²) in [5.41, 5.74) is 3.79. The van der Waals surface area contributed by atoms with Gasteiger partial charge in [0.1, 0.15) is 5.84 Å². The highest BCUT2D eigenvalue weighted by Crippen LogP contribution is 2.86. The fraction of sp³-hybridized carbons (Fsp3) is 0.500. The lowest BCUT2D eigenvalue weighted by Gasteiger charge is -2.31. The maximum absolute atomic E-state index is 10.2. The molecule has 4 rings (SSSR count). The zero-order valence-electron chi connectivity index (χ0n) is 13.6. The molecule has 0 radical (unpaired) electrons. The molecular formula is C18H18N4O2. The van der Waals surface area contributed by atoms with Gasteiger partial charge in [0, 0.05) is 0 Å². The summed E-state index contributed by atoms with van der Waals surface area (Å²) in [6.07, 6.45) is 0.337. The molecular weight excluding hydrogens is 304 g/mol. The molecule has 6 nitrogen and oxygen atoms in total. The van der Waals surface area contributed by atoms with E-state index in [0.29, 0.717) is 13.0 Å². The summed E-state index contributed by atoms with van der Waals surface area (Å²) >= 11 is 0. The van der Waals surface area contributed by atoms with Crippen molar-refractivity contribution in [3.63, 3.8) is 0 Å². The van der Waals surface area contributed by atoms with Crippen molar-refractivity contribution in [3.8, 4) is 12.1 Å². The molecule has 0 unspecified atom stereocenters. The Kier molecular flexibility index (Phi) is 2.75. The average molecular weight is 322 g/mol. The van der Waals surface area contributed by atoms with Crippen LogP contribution in [0.1, 0.15) is 25.8 Å². The highest BCUT2D eigenvalue weighted by molar-refractivity contribution is 6.02. The number of aliphatic imine (C=N–C) groups is 1. The lowest BCUT2D eigenvalue weighted by atomic mass is 9.80. The van der Waals surface area contributed by atoms with Gasteiger partial charge in [-0.25, -0.2) is 4.99 Å². The maximum Gasteiger partial charge on any atom is 0.294 e. The quantitative estimate of drug-likeness (QED) is 0.894. The Bertz CT molecular complexity index is 826. The van der Waals surface area contributed by atoms with Gasteiger partial charge in [-0.15, -0.1) is 0 Å². The predicted molar refractivity (Wildman–Crippen MR) is 85.4 cm³/mol. The van der Waals surface area contributed by atoms with Crippen molar-refractivity contribution in [2.75, 3.05) is 6.61 Å². The highest BCUT2D eigenvalue weighted by Gasteiger charge is 3.01. The van der Waals surface area contributed by atoms with Crippen LogP contribution in [0.4, 0.5) is 0 Å². The number of rotatable bonds is 2. The van der Waals surface area contributed by atoms with Crippen molar-refractivity contribution >= 4 is 5.84 Å². The fourth-order valence-corrected chi connectivity index (χ4v) is 5.07. The maximum atomic E-state index is 10.2. The molecule has 2 fully saturated rings. The van der Waals surface area contributed by atoms with Gasteiger partial charge in [0.05, 0.1) is 30.3 Å². The topological polar surface area (TPSA) is 104 Å². The van der Waals surface area contributed by atoms with Crippen molar-refractivity contribution < 1.29 is 9.47 Å². The third-order valence-electron chi connectivity index (χ3n) is 5.91. The van der Waals surface area contributed by atoms with Gasteiger partial charge >= 0.3 is 0 Å². The molecule has 0 bridgehead atoms. The van der Waals surface area contributed by atoms with Crippen molar-refractivity contribution in [2.45, 2.75) is 37.7 Å². The number of hydrogen-bond acceptors (Lipinski definition) is 6. The lowest BCUT2D eigenvalue weighted by Crippen LogP contribution is -2.43. The van der Waals surface area contributed by atoms with Crippen molar-refractivity contribution in [3.05, 3.63) is 35.9 Å². The van der Waals surface area contributed by atoms with Gasteiger partial charge in [-0.2, -0.15) is 10.5 Å². The molecule has 1 aromatic rings. The lowest BCUT2D eigenvalue weighted by molar-refractivity contribution is -0.197. The number of amidine groups is 1. The number of nitrogens with zero attached hydrogens (tertiary/aromatic N) is 3. The van der Waals surface area contributed by atoms with Gasteiger partial charge in [0.2, 0.25) is 0 Å². The Hall–Kier alpha value is -2.41. The Morgan fingerprint density at radius 3 is 2.50 bits per heavy atom. The van der Waals surface area contributed by atoms with Crippen LogP contribution in [0.15, 0.2) is 35.3 Å². The van der Waals surface area contributed by atoms with E-state index in [2.05, 4.69) is 17.1 Å². The minimum absolute atomic E-state index is 0.131. The average Bonchev–Trinajstić information content (AvgIpc) is 2.86. The Morgan fingerprint density at radius 1 is 1.29 bits per heavy atom. The Labute approximate surface area is 140 Å². The molecule has 24 heavy (non-hydrogen) atoms. The number of fused-ring (bicyclic) bond motifs is 2. The summed E-state index contributed by atoms with van der Waals surface area (Å²) in [6, 6.07) is 14.2. The van der Waals surface area contributed by atoms with Crippen molar-refractivity contribution in [1.29, 1.82) is 10.5 Å². The van der Waals surface area contributed by atoms with Crippen LogP contribution in [0.5, 0.6) is 0 Å². The van der Waals surface area contributed by atoms with E-state index < -0.39 is 22.2 Å². The molecule has 0 amide bonds. The van der Waals surface area contributed by atoms with E-state index in [4.69, 9.17) is 15.2 Å². The van der Waals surface area contributed by atoms with E-state index >= 15 is 0 Å². The van der Waals surface area contributed by atoms with E-state index in [9.17, 15) is 10.5 Å². The fourth-order valence-electron chi connectivity index (χ4n) is 5.07. The number of benzene rings is 1. The SMILES string of the molecule is CC[C@]1(c2ccccc2)[C@]2(C#N)C(N)=N[C@@]3(OC[C@H](C)O3)[C@@]21C#N. The molecule has 1 aliphatic carbocycles. The van der Waals surface area contributed by atoms with Crippen LogP contribution in [0.3, 0.4) is 0 Å². The van der Waals surface area contributed by atoms with Crippen molar-refractivity contribution in [2.24, 2.45) is 21.6 Å². The Morgan fingerprint density at radius 2 is 2.00 bits per heavy atom. The van der Waals surface area contributed by atoms with E-state index in [1.807, 2.05) is 44.2 Å². The molecule has 122 valence electrons. The molecule has 1 spiro atoms. The third-order valence-corrected chi connectivity index (χ3v) is 5.91. The first kappa shape index (κ1) is 15.1. The molecule has 6 heteroatoms. The molecule has 1 saturated carbocycles. The van der Waals surface area contributed by atoms with E-state index in [1.165, 1.54) is 0 Å². The standard InChI is InChI=1S/C18H18N4O2/c1-3-15(13-7-5-4-6-8-13)16(10-19)14(21)22-18(17(15,16)11-20)23-9-12(2)24-18/h4-8,12H,3,9H2,1-2H3,(H2,21,22)/t12-,15-,16-,17+,18+/m0/s1. The van der Waals surface area contributed by atoms with Crippen LogP contribution in [-0.4, -0.2) is 24.5 Å². The largest absolute Gasteiger partial charge is 0.386 e. The van der Waals surface area contributed by atoms with Crippen LogP contribution in [-0.2, 0) is 14.9 Å². The van der Waals surface area contributed by atoms with Gasteiger partial charge in [-0.1, -0.05) is 37.3 Å². The number of nitrogens with two attached hydrogens (primary N) is 1. The van der Waals surface area contributed by atoms with Crippen LogP contribution in [0.25, 0.3) is 0 Å². The predicted octanol–water partition coefficient (Wildman–Crippen LogP) is 1.83. The zero-order chi connectivity index (χ0) is 17.2. The number of hydrogen-bond donors (Lipinski definition) is 1. The number of ether oxygens (including phenoxy) is 2. The van der Waals surface area contributed by atoms with Gasteiger partial charge in [-0.3, -0.25) is 0 Å². The second kappa shape index (κ2) is 4.36. The van der Waals surface area contributed by atoms with E-state index in [1.54, 1.807) is 0 Å². The molecule has 5 atom stereocenters. The minimum Gasteiger partial charge on any atom is -0.386 e. The molecule has 0 aromatic heterocycles. The first-order chi connectivity index (χ1) is 11.5.